The second-order valence-corrected chi connectivity index (χ2v) is 4.31. The van der Waals surface area contributed by atoms with Gasteiger partial charge >= 0.3 is 0 Å². The Morgan fingerprint density at radius 2 is 2.53 bits per heavy atom. The van der Waals surface area contributed by atoms with Crippen LogP contribution in [0.15, 0.2) is 18.3 Å². The fraction of sp³-hybridized carbons (Fsp3) is 0.538. The van der Waals surface area contributed by atoms with E-state index in [1.165, 1.54) is 12.8 Å². The smallest absolute Gasteiger partial charge is 0.182 e. The Hall–Kier alpha value is -1.60. The zero-order valence-corrected chi connectivity index (χ0v) is 9.85. The van der Waals surface area contributed by atoms with Gasteiger partial charge in [0.05, 0.1) is 6.61 Å². The molecule has 2 rings (SSSR count). The lowest BCUT2D eigenvalue weighted by molar-refractivity contribution is 0.253. The molecule has 0 aliphatic carbocycles. The van der Waals surface area contributed by atoms with E-state index in [0.29, 0.717) is 24.0 Å². The van der Waals surface area contributed by atoms with Gasteiger partial charge in [0.1, 0.15) is 6.07 Å². The highest BCUT2D eigenvalue weighted by Crippen LogP contribution is 2.17. The summed E-state index contributed by atoms with van der Waals surface area (Å²) in [7, 11) is 0. The molecule has 1 aliphatic rings. The number of nitriles is 1. The van der Waals surface area contributed by atoms with Crippen molar-refractivity contribution < 1.29 is 4.74 Å². The van der Waals surface area contributed by atoms with E-state index >= 15 is 0 Å². The second-order valence-electron chi connectivity index (χ2n) is 4.31. The summed E-state index contributed by atoms with van der Waals surface area (Å²) >= 11 is 0. The van der Waals surface area contributed by atoms with Crippen molar-refractivity contribution in [3.8, 4) is 11.8 Å². The SMILES string of the molecule is N#Cc1ncccc1OCCC1CCCNC1. The highest BCUT2D eigenvalue weighted by Gasteiger charge is 2.13. The molecule has 1 atom stereocenters. The van der Waals surface area contributed by atoms with Crippen LogP contribution in [0.25, 0.3) is 0 Å². The van der Waals surface area contributed by atoms with Gasteiger partial charge in [-0.1, -0.05) is 0 Å². The van der Waals surface area contributed by atoms with Crippen LogP contribution in [-0.2, 0) is 0 Å². The first-order valence-electron chi connectivity index (χ1n) is 6.09. The van der Waals surface area contributed by atoms with Crippen LogP contribution in [0.4, 0.5) is 0 Å². The maximum Gasteiger partial charge on any atom is 0.182 e. The molecule has 0 bridgehead atoms. The van der Waals surface area contributed by atoms with Crippen LogP contribution >= 0.6 is 0 Å². The van der Waals surface area contributed by atoms with Crippen molar-refractivity contribution in [2.24, 2.45) is 5.92 Å². The molecule has 1 fully saturated rings. The maximum absolute atomic E-state index is 8.86. The van der Waals surface area contributed by atoms with E-state index in [4.69, 9.17) is 10.00 Å². The van der Waals surface area contributed by atoms with Gasteiger partial charge in [0.25, 0.3) is 0 Å². The van der Waals surface area contributed by atoms with Gasteiger partial charge in [0.15, 0.2) is 11.4 Å². The zero-order valence-electron chi connectivity index (χ0n) is 9.85. The summed E-state index contributed by atoms with van der Waals surface area (Å²) in [5.74, 6) is 1.30. The fourth-order valence-corrected chi connectivity index (χ4v) is 2.10. The molecule has 1 aliphatic heterocycles. The van der Waals surface area contributed by atoms with Crippen molar-refractivity contribution >= 4 is 0 Å². The van der Waals surface area contributed by atoms with Crippen LogP contribution in [0.2, 0.25) is 0 Å². The Bertz CT molecular complexity index is 394. The first kappa shape index (κ1) is 11.9. The lowest BCUT2D eigenvalue weighted by Gasteiger charge is -2.22. The third-order valence-corrected chi connectivity index (χ3v) is 3.06. The average Bonchev–Trinajstić information content (AvgIpc) is 2.40. The topological polar surface area (TPSA) is 57.9 Å². The number of hydrogen-bond donors (Lipinski definition) is 1. The monoisotopic (exact) mass is 231 g/mol. The Labute approximate surface area is 102 Å². The van der Waals surface area contributed by atoms with Crippen molar-refractivity contribution in [1.82, 2.24) is 10.3 Å². The van der Waals surface area contributed by atoms with Crippen LogP contribution < -0.4 is 10.1 Å². The van der Waals surface area contributed by atoms with E-state index in [1.54, 1.807) is 18.3 Å². The van der Waals surface area contributed by atoms with Gasteiger partial charge in [-0.2, -0.15) is 5.26 Å². The van der Waals surface area contributed by atoms with Crippen molar-refractivity contribution in [3.05, 3.63) is 24.0 Å². The van der Waals surface area contributed by atoms with E-state index in [-0.39, 0.29) is 0 Å². The number of piperidine rings is 1. The summed E-state index contributed by atoms with van der Waals surface area (Å²) in [6.45, 7) is 2.88. The van der Waals surface area contributed by atoms with E-state index in [2.05, 4.69) is 10.3 Å². The molecule has 90 valence electrons. The molecule has 4 nitrogen and oxygen atoms in total. The lowest BCUT2D eigenvalue weighted by atomic mass is 9.97. The van der Waals surface area contributed by atoms with Gasteiger partial charge in [0.2, 0.25) is 0 Å². The van der Waals surface area contributed by atoms with Crippen LogP contribution in [-0.4, -0.2) is 24.7 Å². The summed E-state index contributed by atoms with van der Waals surface area (Å²) in [6, 6.07) is 5.62. The Morgan fingerprint density at radius 1 is 1.59 bits per heavy atom. The number of aromatic nitrogens is 1. The second kappa shape index (κ2) is 6.21. The molecular formula is C13H17N3O. The van der Waals surface area contributed by atoms with Gasteiger partial charge < -0.3 is 10.1 Å². The normalized spacial score (nSPS) is 19.6. The largest absolute Gasteiger partial charge is 0.491 e. The number of nitrogens with one attached hydrogen (secondary N) is 1. The third kappa shape index (κ3) is 3.43. The van der Waals surface area contributed by atoms with E-state index in [1.807, 2.05) is 6.07 Å². The Kier molecular flexibility index (Phi) is 4.34. The molecule has 1 saturated heterocycles. The number of hydrogen-bond acceptors (Lipinski definition) is 4. The van der Waals surface area contributed by atoms with Crippen LogP contribution in [0.3, 0.4) is 0 Å². The standard InChI is InChI=1S/C13H17N3O/c14-9-12-13(4-2-7-16-12)17-8-5-11-3-1-6-15-10-11/h2,4,7,11,15H,1,3,5-6,8,10H2. The molecule has 1 unspecified atom stereocenters. The lowest BCUT2D eigenvalue weighted by Crippen LogP contribution is -2.30. The van der Waals surface area contributed by atoms with Gasteiger partial charge in [-0.15, -0.1) is 0 Å². The van der Waals surface area contributed by atoms with E-state index < -0.39 is 0 Å². The van der Waals surface area contributed by atoms with E-state index in [0.717, 1.165) is 19.5 Å². The first-order chi connectivity index (χ1) is 8.40. The van der Waals surface area contributed by atoms with Crippen molar-refractivity contribution in [1.29, 1.82) is 5.26 Å². The van der Waals surface area contributed by atoms with Crippen molar-refractivity contribution in [2.45, 2.75) is 19.3 Å². The maximum atomic E-state index is 8.86. The molecule has 1 aromatic rings. The summed E-state index contributed by atoms with van der Waals surface area (Å²) in [5, 5.41) is 12.2. The zero-order chi connectivity index (χ0) is 11.9. The summed E-state index contributed by atoms with van der Waals surface area (Å²) in [6.07, 6.45) is 5.17. The third-order valence-electron chi connectivity index (χ3n) is 3.06. The molecule has 0 aromatic carbocycles. The highest BCUT2D eigenvalue weighted by molar-refractivity contribution is 5.36. The molecule has 2 heterocycles. The van der Waals surface area contributed by atoms with Gasteiger partial charge in [0, 0.05) is 6.20 Å². The number of pyridine rings is 1. The van der Waals surface area contributed by atoms with Gasteiger partial charge in [-0.25, -0.2) is 4.98 Å². The molecular weight excluding hydrogens is 214 g/mol. The predicted molar refractivity (Wildman–Crippen MR) is 64.7 cm³/mol. The van der Waals surface area contributed by atoms with Crippen molar-refractivity contribution in [2.75, 3.05) is 19.7 Å². The van der Waals surface area contributed by atoms with Crippen LogP contribution in [0.1, 0.15) is 25.0 Å². The minimum Gasteiger partial charge on any atom is -0.491 e. The van der Waals surface area contributed by atoms with Crippen LogP contribution in [0.5, 0.6) is 5.75 Å². The van der Waals surface area contributed by atoms with E-state index in [9.17, 15) is 0 Å². The molecule has 0 spiro atoms. The molecule has 4 heteroatoms. The van der Waals surface area contributed by atoms with Crippen molar-refractivity contribution in [3.63, 3.8) is 0 Å². The molecule has 0 saturated carbocycles. The average molecular weight is 231 g/mol. The minimum atomic E-state index is 0.370. The number of nitrogens with zero attached hydrogens (tertiary/aromatic N) is 2. The molecule has 0 radical (unpaired) electrons. The number of rotatable bonds is 4. The molecule has 1 aromatic heterocycles. The molecule has 17 heavy (non-hydrogen) atoms. The highest BCUT2D eigenvalue weighted by atomic mass is 16.5. The Morgan fingerprint density at radius 3 is 3.29 bits per heavy atom. The summed E-state index contributed by atoms with van der Waals surface area (Å²) in [4.78, 5) is 3.96. The minimum absolute atomic E-state index is 0.370. The fourth-order valence-electron chi connectivity index (χ4n) is 2.10. The number of ether oxygens (including phenoxy) is 1. The quantitative estimate of drug-likeness (QED) is 0.857. The summed E-state index contributed by atoms with van der Waals surface area (Å²) in [5.41, 5.74) is 0.370. The molecule has 0 amide bonds. The van der Waals surface area contributed by atoms with Gasteiger partial charge in [-0.3, -0.25) is 0 Å². The predicted octanol–water partition coefficient (Wildman–Crippen LogP) is 1.72. The first-order valence-corrected chi connectivity index (χ1v) is 6.09. The molecule has 1 N–H and O–H groups in total. The van der Waals surface area contributed by atoms with Crippen LogP contribution in [0, 0.1) is 17.2 Å². The van der Waals surface area contributed by atoms with Gasteiger partial charge in [-0.05, 0) is 50.4 Å². The summed E-state index contributed by atoms with van der Waals surface area (Å²) < 4.78 is 5.62. The Balaban J connectivity index is 1.79.